The van der Waals surface area contributed by atoms with E-state index in [0.29, 0.717) is 0 Å². The minimum Gasteiger partial charge on any atom is -0.456 e. The molecular formula is C48H31NO. The van der Waals surface area contributed by atoms with Crippen LogP contribution in [0.15, 0.2) is 192 Å². The molecular weight excluding hydrogens is 607 g/mol. The van der Waals surface area contributed by atoms with Gasteiger partial charge in [0.1, 0.15) is 11.2 Å². The molecule has 0 fully saturated rings. The third-order valence-corrected chi connectivity index (χ3v) is 10.1. The van der Waals surface area contributed by atoms with Gasteiger partial charge >= 0.3 is 0 Å². The van der Waals surface area contributed by atoms with Crippen molar-refractivity contribution < 1.29 is 4.42 Å². The maximum atomic E-state index is 6.39. The van der Waals surface area contributed by atoms with Crippen LogP contribution in [0.2, 0.25) is 0 Å². The maximum absolute atomic E-state index is 6.39. The summed E-state index contributed by atoms with van der Waals surface area (Å²) in [5, 5.41) is 9.67. The van der Waals surface area contributed by atoms with Crippen molar-refractivity contribution in [3.05, 3.63) is 188 Å². The SMILES string of the molecule is c1ccc2c(-c3ccc(-c4ccc(N(c5ccc6c(c5)oc5ccccc56)c5cc6ccccc6c6ccccc56)cc4)cc3)cccc2c1. The highest BCUT2D eigenvalue weighted by molar-refractivity contribution is 6.15. The summed E-state index contributed by atoms with van der Waals surface area (Å²) < 4.78 is 6.39. The molecule has 9 aromatic carbocycles. The van der Waals surface area contributed by atoms with Gasteiger partial charge in [-0.05, 0) is 85.6 Å². The maximum Gasteiger partial charge on any atom is 0.137 e. The predicted octanol–water partition coefficient (Wildman–Crippen LogP) is 13.8. The van der Waals surface area contributed by atoms with Crippen molar-refractivity contribution in [1.82, 2.24) is 0 Å². The lowest BCUT2D eigenvalue weighted by Crippen LogP contribution is -2.10. The van der Waals surface area contributed by atoms with Crippen LogP contribution < -0.4 is 4.90 Å². The van der Waals surface area contributed by atoms with E-state index < -0.39 is 0 Å². The van der Waals surface area contributed by atoms with Crippen molar-refractivity contribution in [2.45, 2.75) is 0 Å². The molecule has 1 heterocycles. The zero-order valence-electron chi connectivity index (χ0n) is 27.3. The molecule has 0 saturated carbocycles. The lowest BCUT2D eigenvalue weighted by Gasteiger charge is -2.27. The monoisotopic (exact) mass is 637 g/mol. The quantitative estimate of drug-likeness (QED) is 0.175. The fourth-order valence-electron chi connectivity index (χ4n) is 7.62. The smallest absolute Gasteiger partial charge is 0.137 e. The van der Waals surface area contributed by atoms with E-state index in [0.717, 1.165) is 39.0 Å². The van der Waals surface area contributed by atoms with Crippen LogP contribution in [0.3, 0.4) is 0 Å². The van der Waals surface area contributed by atoms with Crippen molar-refractivity contribution in [3.8, 4) is 22.3 Å². The highest BCUT2D eigenvalue weighted by atomic mass is 16.3. The molecule has 0 aliphatic carbocycles. The predicted molar refractivity (Wildman–Crippen MR) is 212 cm³/mol. The lowest BCUT2D eigenvalue weighted by atomic mass is 9.96. The van der Waals surface area contributed by atoms with Crippen LogP contribution in [0, 0.1) is 0 Å². The minimum atomic E-state index is 0.877. The van der Waals surface area contributed by atoms with Gasteiger partial charge in [0.05, 0.1) is 5.69 Å². The second kappa shape index (κ2) is 11.5. The van der Waals surface area contributed by atoms with Gasteiger partial charge in [-0.3, -0.25) is 0 Å². The van der Waals surface area contributed by atoms with Crippen LogP contribution in [0.5, 0.6) is 0 Å². The molecule has 0 amide bonds. The second-order valence-electron chi connectivity index (χ2n) is 12.9. The van der Waals surface area contributed by atoms with Crippen molar-refractivity contribution in [2.24, 2.45) is 0 Å². The lowest BCUT2D eigenvalue weighted by molar-refractivity contribution is 0.669. The molecule has 0 spiro atoms. The van der Waals surface area contributed by atoms with E-state index in [1.165, 1.54) is 54.6 Å². The summed E-state index contributed by atoms with van der Waals surface area (Å²) in [7, 11) is 0. The van der Waals surface area contributed by atoms with Crippen LogP contribution in [-0.2, 0) is 0 Å². The van der Waals surface area contributed by atoms with Gasteiger partial charge in [0.2, 0.25) is 0 Å². The average Bonchev–Trinajstić information content (AvgIpc) is 3.56. The van der Waals surface area contributed by atoms with Gasteiger partial charge in [-0.2, -0.15) is 0 Å². The highest BCUT2D eigenvalue weighted by Crippen LogP contribution is 2.44. The Hall–Kier alpha value is -6.64. The molecule has 0 unspecified atom stereocenters. The van der Waals surface area contributed by atoms with E-state index in [2.05, 4.69) is 181 Å². The van der Waals surface area contributed by atoms with E-state index in [1.807, 2.05) is 12.1 Å². The first kappa shape index (κ1) is 28.4. The molecule has 10 rings (SSSR count). The van der Waals surface area contributed by atoms with Gasteiger partial charge < -0.3 is 9.32 Å². The fraction of sp³-hybridized carbons (Fsp3) is 0. The van der Waals surface area contributed by atoms with Crippen molar-refractivity contribution in [2.75, 3.05) is 4.90 Å². The minimum absolute atomic E-state index is 0.877. The molecule has 2 nitrogen and oxygen atoms in total. The summed E-state index contributed by atoms with van der Waals surface area (Å²) in [5.74, 6) is 0. The zero-order valence-corrected chi connectivity index (χ0v) is 27.3. The van der Waals surface area contributed by atoms with Gasteiger partial charge in [-0.15, -0.1) is 0 Å². The van der Waals surface area contributed by atoms with Crippen molar-refractivity contribution >= 4 is 71.3 Å². The Morgan fingerprint density at radius 3 is 1.68 bits per heavy atom. The van der Waals surface area contributed by atoms with Crippen molar-refractivity contribution in [1.29, 1.82) is 0 Å². The van der Waals surface area contributed by atoms with E-state index in [4.69, 9.17) is 4.42 Å². The Morgan fingerprint density at radius 1 is 0.320 bits per heavy atom. The summed E-state index contributed by atoms with van der Waals surface area (Å²) in [4.78, 5) is 2.37. The first-order chi connectivity index (χ1) is 24.8. The normalized spacial score (nSPS) is 11.6. The molecule has 50 heavy (non-hydrogen) atoms. The zero-order chi connectivity index (χ0) is 33.0. The molecule has 0 saturated heterocycles. The number of hydrogen-bond acceptors (Lipinski definition) is 2. The van der Waals surface area contributed by atoms with Crippen LogP contribution >= 0.6 is 0 Å². The molecule has 0 aliphatic heterocycles. The summed E-state index contributed by atoms with van der Waals surface area (Å²) in [6, 6.07) is 67.5. The number of hydrogen-bond donors (Lipinski definition) is 0. The van der Waals surface area contributed by atoms with Crippen LogP contribution in [0.1, 0.15) is 0 Å². The number of fused-ring (bicyclic) bond motifs is 7. The third kappa shape index (κ3) is 4.65. The molecule has 1 aromatic heterocycles. The molecule has 0 aliphatic rings. The Kier molecular flexibility index (Phi) is 6.53. The summed E-state index contributed by atoms with van der Waals surface area (Å²) in [6.45, 7) is 0. The van der Waals surface area contributed by atoms with E-state index in [-0.39, 0.29) is 0 Å². The standard InChI is InChI=1S/C48H31NO/c1-3-13-39-34(10-1)12-9-18-40(39)35-22-20-32(21-23-35)33-24-26-37(27-25-33)49(38-28-29-45-44-17-7-8-19-47(44)50-48(45)31-38)46-30-36-11-2-4-14-41(36)42-15-5-6-16-43(42)46/h1-31H. The van der Waals surface area contributed by atoms with Gasteiger partial charge in [0.25, 0.3) is 0 Å². The average molecular weight is 638 g/mol. The largest absolute Gasteiger partial charge is 0.456 e. The van der Waals surface area contributed by atoms with Gasteiger partial charge in [0, 0.05) is 33.6 Å². The number of benzene rings is 9. The summed E-state index contributed by atoms with van der Waals surface area (Å²) in [5.41, 5.74) is 9.87. The van der Waals surface area contributed by atoms with E-state index in [1.54, 1.807) is 0 Å². The van der Waals surface area contributed by atoms with Gasteiger partial charge in [-0.25, -0.2) is 0 Å². The molecule has 0 atom stereocenters. The molecule has 2 heteroatoms. The first-order valence-corrected chi connectivity index (χ1v) is 17.1. The number of anilines is 3. The number of nitrogens with zero attached hydrogens (tertiary/aromatic N) is 1. The van der Waals surface area contributed by atoms with Crippen LogP contribution in [0.4, 0.5) is 17.1 Å². The topological polar surface area (TPSA) is 16.4 Å². The van der Waals surface area contributed by atoms with E-state index >= 15 is 0 Å². The van der Waals surface area contributed by atoms with E-state index in [9.17, 15) is 0 Å². The van der Waals surface area contributed by atoms with Crippen LogP contribution in [0.25, 0.3) is 76.5 Å². The number of rotatable bonds is 5. The Balaban J connectivity index is 1.10. The number of para-hydroxylation sites is 1. The number of furan rings is 1. The Bertz CT molecular complexity index is 2860. The Labute approximate surface area is 290 Å². The third-order valence-electron chi connectivity index (χ3n) is 10.1. The van der Waals surface area contributed by atoms with Gasteiger partial charge in [0.15, 0.2) is 0 Å². The fourth-order valence-corrected chi connectivity index (χ4v) is 7.62. The van der Waals surface area contributed by atoms with Crippen LogP contribution in [-0.4, -0.2) is 0 Å². The summed E-state index contributed by atoms with van der Waals surface area (Å²) >= 11 is 0. The molecule has 0 N–H and O–H groups in total. The molecule has 234 valence electrons. The molecule has 10 aromatic rings. The highest BCUT2D eigenvalue weighted by Gasteiger charge is 2.19. The second-order valence-corrected chi connectivity index (χ2v) is 12.9. The first-order valence-electron chi connectivity index (χ1n) is 17.1. The summed E-state index contributed by atoms with van der Waals surface area (Å²) in [6.07, 6.45) is 0. The van der Waals surface area contributed by atoms with Crippen molar-refractivity contribution in [3.63, 3.8) is 0 Å². The van der Waals surface area contributed by atoms with Gasteiger partial charge in [-0.1, -0.05) is 146 Å². The molecule has 0 radical (unpaired) electrons. The molecule has 0 bridgehead atoms. The Morgan fingerprint density at radius 2 is 0.880 bits per heavy atom.